The maximum absolute atomic E-state index is 3.30. The van der Waals surface area contributed by atoms with Crippen molar-refractivity contribution in [3.8, 4) is 11.8 Å². The monoisotopic (exact) mass is 227 g/mol. The molecular formula is C16H21N. The van der Waals surface area contributed by atoms with E-state index in [0.29, 0.717) is 0 Å². The lowest BCUT2D eigenvalue weighted by Crippen LogP contribution is -2.35. The van der Waals surface area contributed by atoms with E-state index < -0.39 is 0 Å². The summed E-state index contributed by atoms with van der Waals surface area (Å²) in [4.78, 5) is 2.50. The van der Waals surface area contributed by atoms with E-state index in [2.05, 4.69) is 54.0 Å². The maximum atomic E-state index is 3.30. The normalized spacial score (nSPS) is 19.6. The lowest BCUT2D eigenvalue weighted by molar-refractivity contribution is 0.423. The fourth-order valence-electron chi connectivity index (χ4n) is 2.45. The van der Waals surface area contributed by atoms with E-state index in [1.165, 1.54) is 31.6 Å². The van der Waals surface area contributed by atoms with Gasteiger partial charge in [0.05, 0.1) is 0 Å². The molecule has 90 valence electrons. The molecule has 0 aromatic heterocycles. The average molecular weight is 227 g/mol. The van der Waals surface area contributed by atoms with Crippen LogP contribution >= 0.6 is 0 Å². The smallest absolute Gasteiger partial charge is 0.0366 e. The second-order valence-electron chi connectivity index (χ2n) is 4.70. The number of anilines is 1. The lowest BCUT2D eigenvalue weighted by atomic mass is 9.94. The summed E-state index contributed by atoms with van der Waals surface area (Å²) in [6.07, 6.45) is 4.68. The first-order chi connectivity index (χ1) is 8.40. The Morgan fingerprint density at radius 2 is 2.06 bits per heavy atom. The second kappa shape index (κ2) is 6.35. The minimum atomic E-state index is 0.753. The Morgan fingerprint density at radius 3 is 2.82 bits per heavy atom. The van der Waals surface area contributed by atoms with Crippen LogP contribution in [0.3, 0.4) is 0 Å². The molecule has 1 aromatic rings. The Morgan fingerprint density at radius 1 is 1.24 bits per heavy atom. The molecule has 1 aromatic carbocycles. The first-order valence-electron chi connectivity index (χ1n) is 6.66. The van der Waals surface area contributed by atoms with Crippen LogP contribution in [0.4, 0.5) is 5.69 Å². The molecule has 1 unspecified atom stereocenters. The molecule has 1 aliphatic heterocycles. The zero-order valence-corrected chi connectivity index (χ0v) is 10.7. The van der Waals surface area contributed by atoms with Crippen molar-refractivity contribution in [2.24, 2.45) is 5.92 Å². The molecule has 0 aliphatic carbocycles. The van der Waals surface area contributed by atoms with Gasteiger partial charge in [-0.3, -0.25) is 0 Å². The summed E-state index contributed by atoms with van der Waals surface area (Å²) in [6.45, 7) is 4.48. The highest BCUT2D eigenvalue weighted by atomic mass is 15.1. The van der Waals surface area contributed by atoms with Crippen LogP contribution in [0.5, 0.6) is 0 Å². The molecule has 1 saturated heterocycles. The largest absolute Gasteiger partial charge is 0.371 e. The van der Waals surface area contributed by atoms with Gasteiger partial charge in [0.15, 0.2) is 0 Å². The molecule has 0 N–H and O–H groups in total. The molecule has 1 nitrogen and oxygen atoms in total. The van der Waals surface area contributed by atoms with Gasteiger partial charge in [0, 0.05) is 31.6 Å². The lowest BCUT2D eigenvalue weighted by Gasteiger charge is -2.33. The van der Waals surface area contributed by atoms with E-state index in [9.17, 15) is 0 Å². The predicted molar refractivity (Wildman–Crippen MR) is 74.1 cm³/mol. The Kier molecular flexibility index (Phi) is 4.50. The highest BCUT2D eigenvalue weighted by molar-refractivity contribution is 5.46. The van der Waals surface area contributed by atoms with Crippen molar-refractivity contribution in [3.05, 3.63) is 30.3 Å². The molecular weight excluding hydrogens is 206 g/mol. The molecule has 0 bridgehead atoms. The van der Waals surface area contributed by atoms with E-state index in [0.717, 1.165) is 18.8 Å². The van der Waals surface area contributed by atoms with Gasteiger partial charge in [-0.2, -0.15) is 0 Å². The summed E-state index contributed by atoms with van der Waals surface area (Å²) < 4.78 is 0. The summed E-state index contributed by atoms with van der Waals surface area (Å²) >= 11 is 0. The predicted octanol–water partition coefficient (Wildman–Crippen LogP) is 3.71. The molecule has 1 atom stereocenters. The molecule has 1 fully saturated rings. The third-order valence-electron chi connectivity index (χ3n) is 3.33. The van der Waals surface area contributed by atoms with Gasteiger partial charge in [0.2, 0.25) is 0 Å². The van der Waals surface area contributed by atoms with Crippen LogP contribution < -0.4 is 4.90 Å². The number of rotatable bonds is 2. The summed E-state index contributed by atoms with van der Waals surface area (Å²) in [5.41, 5.74) is 1.36. The van der Waals surface area contributed by atoms with Crippen LogP contribution in [-0.2, 0) is 0 Å². The highest BCUT2D eigenvalue weighted by Gasteiger charge is 2.18. The molecule has 0 radical (unpaired) electrons. The third kappa shape index (κ3) is 3.53. The van der Waals surface area contributed by atoms with Gasteiger partial charge in [-0.15, -0.1) is 11.8 Å². The fourth-order valence-corrected chi connectivity index (χ4v) is 2.45. The van der Waals surface area contributed by atoms with Crippen molar-refractivity contribution in [2.75, 3.05) is 18.0 Å². The van der Waals surface area contributed by atoms with Crippen molar-refractivity contribution < 1.29 is 0 Å². The van der Waals surface area contributed by atoms with Gasteiger partial charge in [-0.25, -0.2) is 0 Å². The molecule has 2 rings (SSSR count). The van der Waals surface area contributed by atoms with Crippen LogP contribution in [0.2, 0.25) is 0 Å². The number of nitrogens with zero attached hydrogens (tertiary/aromatic N) is 1. The number of hydrogen-bond donors (Lipinski definition) is 0. The van der Waals surface area contributed by atoms with Crippen molar-refractivity contribution in [2.45, 2.75) is 32.6 Å². The number of piperidine rings is 1. The standard InChI is InChI=1S/C16H21N/c1-2-3-5-9-15-10-8-13-17(14-15)16-11-6-4-7-12-16/h4,6-7,11-12,15H,2,8-10,13-14H2,1H3. The third-order valence-corrected chi connectivity index (χ3v) is 3.33. The Balaban J connectivity index is 1.93. The van der Waals surface area contributed by atoms with Gasteiger partial charge in [0.1, 0.15) is 0 Å². The van der Waals surface area contributed by atoms with E-state index in [4.69, 9.17) is 0 Å². The molecule has 1 heteroatoms. The van der Waals surface area contributed by atoms with Gasteiger partial charge in [-0.05, 0) is 30.9 Å². The summed E-state index contributed by atoms with van der Waals surface area (Å²) in [5, 5.41) is 0. The highest BCUT2D eigenvalue weighted by Crippen LogP contribution is 2.24. The molecule has 1 heterocycles. The number of hydrogen-bond acceptors (Lipinski definition) is 1. The number of benzene rings is 1. The fraction of sp³-hybridized carbons (Fsp3) is 0.500. The van der Waals surface area contributed by atoms with E-state index in [1.807, 2.05) is 0 Å². The van der Waals surface area contributed by atoms with Crippen LogP contribution in [0.25, 0.3) is 0 Å². The van der Waals surface area contributed by atoms with Crippen LogP contribution in [0, 0.1) is 17.8 Å². The Bertz CT molecular complexity index is 385. The quantitative estimate of drug-likeness (QED) is 0.696. The Hall–Kier alpha value is -1.42. The zero-order chi connectivity index (χ0) is 11.9. The summed E-state index contributed by atoms with van der Waals surface area (Å²) in [5.74, 6) is 7.23. The van der Waals surface area contributed by atoms with Crippen molar-refractivity contribution in [3.63, 3.8) is 0 Å². The summed E-state index contributed by atoms with van der Waals surface area (Å²) in [6, 6.07) is 10.7. The summed E-state index contributed by atoms with van der Waals surface area (Å²) in [7, 11) is 0. The van der Waals surface area contributed by atoms with Crippen molar-refractivity contribution >= 4 is 5.69 Å². The average Bonchev–Trinajstić information content (AvgIpc) is 2.41. The molecule has 17 heavy (non-hydrogen) atoms. The van der Waals surface area contributed by atoms with Crippen LogP contribution in [-0.4, -0.2) is 13.1 Å². The minimum Gasteiger partial charge on any atom is -0.371 e. The first-order valence-corrected chi connectivity index (χ1v) is 6.66. The first kappa shape index (κ1) is 12.0. The van der Waals surface area contributed by atoms with Gasteiger partial charge >= 0.3 is 0 Å². The molecule has 0 amide bonds. The van der Waals surface area contributed by atoms with E-state index in [1.54, 1.807) is 0 Å². The molecule has 1 aliphatic rings. The van der Waals surface area contributed by atoms with E-state index >= 15 is 0 Å². The SMILES string of the molecule is CCC#CCC1CCCN(c2ccccc2)C1. The van der Waals surface area contributed by atoms with Crippen LogP contribution in [0.1, 0.15) is 32.6 Å². The topological polar surface area (TPSA) is 3.24 Å². The van der Waals surface area contributed by atoms with Crippen LogP contribution in [0.15, 0.2) is 30.3 Å². The minimum absolute atomic E-state index is 0.753. The van der Waals surface area contributed by atoms with Gasteiger partial charge in [0.25, 0.3) is 0 Å². The molecule has 0 spiro atoms. The Labute approximate surface area is 105 Å². The maximum Gasteiger partial charge on any atom is 0.0366 e. The second-order valence-corrected chi connectivity index (χ2v) is 4.70. The van der Waals surface area contributed by atoms with Crippen molar-refractivity contribution in [1.82, 2.24) is 0 Å². The zero-order valence-electron chi connectivity index (χ0n) is 10.7. The number of para-hydroxylation sites is 1. The van der Waals surface area contributed by atoms with E-state index in [-0.39, 0.29) is 0 Å². The molecule has 0 saturated carbocycles. The van der Waals surface area contributed by atoms with Crippen molar-refractivity contribution in [1.29, 1.82) is 0 Å². The van der Waals surface area contributed by atoms with Gasteiger partial charge < -0.3 is 4.90 Å². The van der Waals surface area contributed by atoms with Gasteiger partial charge in [-0.1, -0.05) is 25.1 Å².